The van der Waals surface area contributed by atoms with Gasteiger partial charge in [-0.25, -0.2) is 9.97 Å². The molecule has 3 aliphatic heterocycles. The Labute approximate surface area is 434 Å². The number of piperidine rings is 3. The van der Waals surface area contributed by atoms with E-state index in [1.807, 2.05) is 11.7 Å². The number of nitrogen functional groups attached to an aromatic ring is 1. The number of nitrogens with zero attached hydrogens (tertiary/aromatic N) is 10. The molecule has 0 bridgehead atoms. The van der Waals surface area contributed by atoms with Crippen molar-refractivity contribution in [2.24, 2.45) is 17.9 Å². The maximum atomic E-state index is 12.7. The monoisotopic (exact) mass is 1020 g/mol. The van der Waals surface area contributed by atoms with Crippen LogP contribution < -0.4 is 20.5 Å². The highest BCUT2D eigenvalue weighted by Crippen LogP contribution is 2.56. The molecule has 74 heavy (non-hydrogen) atoms. The minimum atomic E-state index is -0.457. The van der Waals surface area contributed by atoms with Crippen molar-refractivity contribution >= 4 is 39.1 Å². The lowest BCUT2D eigenvalue weighted by Crippen LogP contribution is -2.48. The van der Waals surface area contributed by atoms with Gasteiger partial charge < -0.3 is 29.5 Å². The molecule has 1 unspecified atom stereocenters. The molecular weight excluding hydrogens is 953 g/mol. The predicted molar refractivity (Wildman–Crippen MR) is 277 cm³/mol. The Morgan fingerprint density at radius 3 is 2.43 bits per heavy atom. The number of aryl methyl sites for hydroxylation is 2. The van der Waals surface area contributed by atoms with Crippen molar-refractivity contribution in [3.05, 3.63) is 81.6 Å². The lowest BCUT2D eigenvalue weighted by Gasteiger charge is -2.49. The number of carbonyl (C=O) groups is 2. The third-order valence-electron chi connectivity index (χ3n) is 18.5. The van der Waals surface area contributed by atoms with Gasteiger partial charge in [0.2, 0.25) is 23.6 Å². The summed E-state index contributed by atoms with van der Waals surface area (Å²) in [5, 5.41) is 23.8. The maximum absolute atomic E-state index is 12.7. The van der Waals surface area contributed by atoms with Gasteiger partial charge in [0.05, 0.1) is 53.2 Å². The average molecular weight is 1020 g/mol. The number of nitrogens with one attached hydrogen (secondary N) is 1. The lowest BCUT2D eigenvalue weighted by molar-refractivity contribution is -0.134. The zero-order chi connectivity index (χ0) is 50.2. The first-order chi connectivity index (χ1) is 36.1. The zero-order valence-electron chi connectivity index (χ0n) is 42.2. The number of nitriles is 1. The number of benzene rings is 1. The van der Waals surface area contributed by atoms with Crippen molar-refractivity contribution in [1.29, 1.82) is 5.26 Å². The molecule has 3 N–H and O–H groups in total. The van der Waals surface area contributed by atoms with E-state index < -0.39 is 5.41 Å². The van der Waals surface area contributed by atoms with Crippen molar-refractivity contribution in [2.75, 3.05) is 45.1 Å². The summed E-state index contributed by atoms with van der Waals surface area (Å²) in [6, 6.07) is 11.5. The van der Waals surface area contributed by atoms with E-state index in [0.29, 0.717) is 76.4 Å². The average Bonchev–Trinajstić information content (AvgIpc) is 3.70. The Morgan fingerprint density at radius 2 is 1.68 bits per heavy atom. The van der Waals surface area contributed by atoms with Gasteiger partial charge in [-0.1, -0.05) is 17.3 Å². The Kier molecular flexibility index (Phi) is 12.1. The number of likely N-dealkylation sites (tertiary alicyclic amines) is 2. The van der Waals surface area contributed by atoms with Gasteiger partial charge in [-0.2, -0.15) is 20.3 Å². The van der Waals surface area contributed by atoms with Gasteiger partial charge in [0.15, 0.2) is 23.0 Å². The number of anilines is 1. The van der Waals surface area contributed by atoms with Crippen LogP contribution in [0.4, 0.5) is 5.00 Å². The zero-order valence-corrected chi connectivity index (χ0v) is 43.1. The van der Waals surface area contributed by atoms with Crippen LogP contribution in [0.25, 0.3) is 22.4 Å². The second-order valence-corrected chi connectivity index (χ2v) is 24.0. The number of thiophene rings is 1. The van der Waals surface area contributed by atoms with Gasteiger partial charge in [-0.05, 0) is 164 Å². The summed E-state index contributed by atoms with van der Waals surface area (Å²) in [6.07, 6.45) is 23.2. The Bertz CT molecular complexity index is 3160. The van der Waals surface area contributed by atoms with Crippen LogP contribution in [0.3, 0.4) is 0 Å². The molecule has 5 aromatic heterocycles. The molecule has 2 saturated carbocycles. The minimum absolute atomic E-state index is 0.0782. The molecule has 17 nitrogen and oxygen atoms in total. The molecule has 0 radical (unpaired) electrons. The lowest BCUT2D eigenvalue weighted by atomic mass is 9.63. The number of amides is 2. The maximum Gasteiger partial charge on any atom is 0.235 e. The first-order valence-corrected chi connectivity index (χ1v) is 27.9. The molecule has 2 atom stereocenters. The van der Waals surface area contributed by atoms with Crippen LogP contribution in [-0.2, 0) is 34.9 Å². The van der Waals surface area contributed by atoms with E-state index in [2.05, 4.69) is 54.5 Å². The number of aromatic nitrogens is 7. The first-order valence-electron chi connectivity index (χ1n) is 27.1. The summed E-state index contributed by atoms with van der Waals surface area (Å²) >= 11 is 1.54. The van der Waals surface area contributed by atoms with Gasteiger partial charge in [0.25, 0.3) is 0 Å². The van der Waals surface area contributed by atoms with Gasteiger partial charge in [0.1, 0.15) is 17.4 Å². The van der Waals surface area contributed by atoms with Crippen molar-refractivity contribution < 1.29 is 23.6 Å². The molecule has 1 aromatic carbocycles. The molecule has 7 aliphatic rings. The second kappa shape index (κ2) is 18.8. The summed E-state index contributed by atoms with van der Waals surface area (Å²) in [7, 11) is 1.96. The second-order valence-electron chi connectivity index (χ2n) is 22.8. The quantitative estimate of drug-likeness (QED) is 0.116. The number of hydrogen-bond acceptors (Lipinski definition) is 16. The van der Waals surface area contributed by atoms with Crippen LogP contribution in [0.5, 0.6) is 17.5 Å². The van der Waals surface area contributed by atoms with Gasteiger partial charge >= 0.3 is 0 Å². The minimum Gasteiger partial charge on any atom is -0.477 e. The summed E-state index contributed by atoms with van der Waals surface area (Å²) in [5.74, 6) is 2.07. The van der Waals surface area contributed by atoms with Gasteiger partial charge in [-0.3, -0.25) is 19.6 Å². The fraction of sp³-hybridized carbons (Fsp3) is 0.554. The third kappa shape index (κ3) is 8.62. The van der Waals surface area contributed by atoms with Crippen LogP contribution in [0.15, 0.2) is 47.5 Å². The van der Waals surface area contributed by atoms with Crippen molar-refractivity contribution in [3.8, 4) is 35.1 Å². The standard InChI is InChI=1S/C56H64N12O5S/c1-66-42-26-35(6-7-38(42)48(64-66)40-8-9-44(69)61-53(40)70)34-12-22-68(23-13-34)36-10-16-54(17-11-36)20-24-67(25-21-54)31-55(18-19-55)32-71-45-27-46(72-37-29-59-33-60-30-37)63-52(62-45)49-39-4-2-14-56(50(39)73-65-49)15-3-5-43-47(56)41(28-57)51(58)74-43/h6-7,26-27,29-30,33-34,36,40H,2-5,8-25,31-32,58H2,1H3,(H,61,69,70)/t40?,56-/m0/s1. The molecule has 6 aromatic rings. The molecule has 2 amide bonds. The van der Waals surface area contributed by atoms with E-state index in [1.165, 1.54) is 66.6 Å². The predicted octanol–water partition coefficient (Wildman–Crippen LogP) is 8.66. The van der Waals surface area contributed by atoms with Gasteiger partial charge in [0, 0.05) is 47.3 Å². The fourth-order valence-electron chi connectivity index (χ4n) is 14.2. The fourth-order valence-corrected chi connectivity index (χ4v) is 15.3. The van der Waals surface area contributed by atoms with Crippen molar-refractivity contribution in [2.45, 2.75) is 139 Å². The van der Waals surface area contributed by atoms with Crippen LogP contribution >= 0.6 is 11.3 Å². The summed E-state index contributed by atoms with van der Waals surface area (Å²) in [5.41, 5.74) is 12.9. The highest BCUT2D eigenvalue weighted by atomic mass is 32.1. The van der Waals surface area contributed by atoms with Crippen LogP contribution in [0.1, 0.15) is 153 Å². The highest BCUT2D eigenvalue weighted by molar-refractivity contribution is 7.16. The SMILES string of the molecule is Cn1nc(C2CCC(=O)NC2=O)c2ccc(C3CCN(C4CCC5(CC4)CCN(CC4(COc6cc(Oc7cncnc7)nc(-c7noc8c7CCC[C@@]87CCCc8sc(N)c(C#N)c87)n6)CC4)CC5)CC3)cc21. The summed E-state index contributed by atoms with van der Waals surface area (Å²) in [4.78, 5) is 49.3. The smallest absolute Gasteiger partial charge is 0.235 e. The number of rotatable bonds is 11. The van der Waals surface area contributed by atoms with E-state index in [9.17, 15) is 14.9 Å². The van der Waals surface area contributed by atoms with E-state index in [1.54, 1.807) is 18.5 Å². The van der Waals surface area contributed by atoms with Crippen LogP contribution in [-0.4, -0.2) is 102 Å². The number of nitrogens with two attached hydrogens (primary N) is 1. The molecular formula is C56H64N12O5S. The number of fused-ring (bicyclic) bond motifs is 5. The van der Waals surface area contributed by atoms with E-state index in [0.717, 1.165) is 130 Å². The molecule has 384 valence electrons. The van der Waals surface area contributed by atoms with E-state index >= 15 is 0 Å². The molecule has 8 heterocycles. The highest BCUT2D eigenvalue weighted by Gasteiger charge is 2.50. The van der Waals surface area contributed by atoms with E-state index in [-0.39, 0.29) is 23.1 Å². The number of carbonyl (C=O) groups excluding carboxylic acids is 2. The number of hydrogen-bond donors (Lipinski definition) is 2. The number of ether oxygens (including phenoxy) is 2. The third-order valence-corrected chi connectivity index (χ3v) is 19.6. The topological polar surface area (TPSA) is 216 Å². The number of imide groups is 1. The molecule has 13 rings (SSSR count). The van der Waals surface area contributed by atoms with Gasteiger partial charge in [-0.15, -0.1) is 11.3 Å². The first kappa shape index (κ1) is 47.4. The molecule has 18 heteroatoms. The molecule has 3 saturated heterocycles. The van der Waals surface area contributed by atoms with Crippen molar-refractivity contribution in [3.63, 3.8) is 0 Å². The van der Waals surface area contributed by atoms with E-state index in [4.69, 9.17) is 34.8 Å². The Balaban J connectivity index is 0.627. The molecule has 5 fully saturated rings. The summed E-state index contributed by atoms with van der Waals surface area (Å²) < 4.78 is 21.1. The van der Waals surface area contributed by atoms with Crippen LogP contribution in [0.2, 0.25) is 0 Å². The molecule has 2 spiro atoms. The largest absolute Gasteiger partial charge is 0.477 e. The Morgan fingerprint density at radius 1 is 0.905 bits per heavy atom. The normalized spacial score (nSPS) is 24.1. The van der Waals surface area contributed by atoms with Crippen LogP contribution in [0, 0.1) is 22.2 Å². The Hall–Kier alpha value is -6.29. The summed E-state index contributed by atoms with van der Waals surface area (Å²) in [6.45, 7) is 6.13. The molecule has 4 aliphatic carbocycles. The van der Waals surface area contributed by atoms with Crippen molar-refractivity contribution in [1.82, 2.24) is 50.0 Å².